The van der Waals surface area contributed by atoms with E-state index >= 15 is 0 Å². The first-order valence-electron chi connectivity index (χ1n) is 9.49. The van der Waals surface area contributed by atoms with Crippen LogP contribution in [0.25, 0.3) is 27.9 Å². The number of nitrogens with zero attached hydrogens (tertiary/aromatic N) is 3. The molecular formula is C22H21FN4O2. The second kappa shape index (κ2) is 7.50. The van der Waals surface area contributed by atoms with Crippen molar-refractivity contribution in [2.45, 2.75) is 20.3 Å². The van der Waals surface area contributed by atoms with Crippen LogP contribution in [0.2, 0.25) is 0 Å². The number of carbonyl (C=O) groups excluding carboxylic acids is 1. The van der Waals surface area contributed by atoms with Crippen LogP contribution in [0.1, 0.15) is 30.6 Å². The molecule has 0 aliphatic heterocycles. The number of ether oxygens (including phenoxy) is 1. The van der Waals surface area contributed by atoms with Crippen LogP contribution in [0.5, 0.6) is 0 Å². The van der Waals surface area contributed by atoms with Crippen molar-refractivity contribution in [2.24, 2.45) is 5.92 Å². The van der Waals surface area contributed by atoms with Gasteiger partial charge in [0.05, 0.1) is 23.3 Å². The highest BCUT2D eigenvalue weighted by molar-refractivity contribution is 6.09. The topological polar surface area (TPSA) is 83.0 Å². The molecule has 2 aromatic heterocycles. The molecule has 4 aromatic rings. The van der Waals surface area contributed by atoms with Gasteiger partial charge in [-0.05, 0) is 36.2 Å². The fourth-order valence-corrected chi connectivity index (χ4v) is 3.15. The number of hydrogen-bond acceptors (Lipinski definition) is 5. The molecule has 1 atom stereocenters. The average molecular weight is 392 g/mol. The summed E-state index contributed by atoms with van der Waals surface area (Å²) in [5.41, 5.74) is 8.95. The maximum absolute atomic E-state index is 13.9. The van der Waals surface area contributed by atoms with Crippen LogP contribution >= 0.6 is 0 Å². The molecular weight excluding hydrogens is 371 g/mol. The minimum atomic E-state index is -0.562. The Labute approximate surface area is 167 Å². The van der Waals surface area contributed by atoms with Crippen LogP contribution in [0, 0.1) is 11.7 Å². The lowest BCUT2D eigenvalue weighted by atomic mass is 10.1. The fraction of sp³-hybridized carbons (Fsp3) is 0.227. The molecule has 0 unspecified atom stereocenters. The molecule has 2 N–H and O–H groups in total. The van der Waals surface area contributed by atoms with E-state index in [1.54, 1.807) is 12.1 Å². The molecule has 7 heteroatoms. The first-order chi connectivity index (χ1) is 14.0. The van der Waals surface area contributed by atoms with Gasteiger partial charge in [-0.2, -0.15) is 0 Å². The Bertz CT molecular complexity index is 1220. The molecule has 0 aliphatic rings. The monoisotopic (exact) mass is 392 g/mol. The van der Waals surface area contributed by atoms with Gasteiger partial charge in [0, 0.05) is 0 Å². The maximum Gasteiger partial charge on any atom is 0.344 e. The van der Waals surface area contributed by atoms with Crippen LogP contribution < -0.4 is 5.73 Å². The lowest BCUT2D eigenvalue weighted by molar-refractivity contribution is 0.0450. The van der Waals surface area contributed by atoms with Gasteiger partial charge in [0.25, 0.3) is 0 Å². The number of nitrogens with two attached hydrogens (primary N) is 1. The van der Waals surface area contributed by atoms with Gasteiger partial charge in [-0.3, -0.25) is 4.57 Å². The van der Waals surface area contributed by atoms with Crippen molar-refractivity contribution in [3.05, 3.63) is 59.9 Å². The Morgan fingerprint density at radius 1 is 1.17 bits per heavy atom. The van der Waals surface area contributed by atoms with Gasteiger partial charge in [0.15, 0.2) is 5.65 Å². The number of hydrogen-bond donors (Lipinski definition) is 1. The van der Waals surface area contributed by atoms with Gasteiger partial charge in [0.2, 0.25) is 0 Å². The quantitative estimate of drug-likeness (QED) is 0.506. The van der Waals surface area contributed by atoms with Gasteiger partial charge >= 0.3 is 5.97 Å². The number of carbonyl (C=O) groups is 1. The Hall–Kier alpha value is -3.48. The van der Waals surface area contributed by atoms with E-state index in [9.17, 15) is 9.18 Å². The van der Waals surface area contributed by atoms with Gasteiger partial charge < -0.3 is 10.5 Å². The predicted octanol–water partition coefficient (Wildman–Crippen LogP) is 4.50. The molecule has 6 nitrogen and oxygen atoms in total. The lowest BCUT2D eigenvalue weighted by Crippen LogP contribution is -2.13. The Balaban J connectivity index is 1.96. The second-order valence-electron chi connectivity index (χ2n) is 7.07. The fourth-order valence-electron chi connectivity index (χ4n) is 3.15. The number of para-hydroxylation sites is 2. The first kappa shape index (κ1) is 18.9. The number of halogens is 1. The summed E-state index contributed by atoms with van der Waals surface area (Å²) in [6, 6.07) is 13.3. The summed E-state index contributed by atoms with van der Waals surface area (Å²) in [6.45, 7) is 4.31. The SMILES string of the molecule is CC[C@@H](C)COC(=O)c1c(N)n(-c2cccc(F)c2)c2nc3ccccc3nc12. The zero-order chi connectivity index (χ0) is 20.5. The third-order valence-corrected chi connectivity index (χ3v) is 4.96. The van der Waals surface area contributed by atoms with Crippen molar-refractivity contribution in [1.82, 2.24) is 14.5 Å². The van der Waals surface area contributed by atoms with Crippen molar-refractivity contribution in [1.29, 1.82) is 0 Å². The van der Waals surface area contributed by atoms with Crippen LogP contribution in [0.3, 0.4) is 0 Å². The summed E-state index contributed by atoms with van der Waals surface area (Å²) in [6.07, 6.45) is 0.887. The minimum absolute atomic E-state index is 0.120. The zero-order valence-electron chi connectivity index (χ0n) is 16.2. The average Bonchev–Trinajstić information content (AvgIpc) is 3.00. The summed E-state index contributed by atoms with van der Waals surface area (Å²) >= 11 is 0. The molecule has 2 aromatic carbocycles. The maximum atomic E-state index is 13.9. The first-order valence-corrected chi connectivity index (χ1v) is 9.49. The van der Waals surface area contributed by atoms with Crippen LogP contribution in [0.15, 0.2) is 48.5 Å². The summed E-state index contributed by atoms with van der Waals surface area (Å²) in [5, 5.41) is 0. The third kappa shape index (κ3) is 3.40. The van der Waals surface area contributed by atoms with Gasteiger partial charge in [-0.1, -0.05) is 38.5 Å². The third-order valence-electron chi connectivity index (χ3n) is 4.96. The number of aromatic nitrogens is 3. The number of fused-ring (bicyclic) bond motifs is 2. The number of rotatable bonds is 5. The summed E-state index contributed by atoms with van der Waals surface area (Å²) in [7, 11) is 0. The van der Waals surface area contributed by atoms with E-state index in [-0.39, 0.29) is 23.9 Å². The van der Waals surface area contributed by atoms with E-state index in [1.807, 2.05) is 38.1 Å². The summed E-state index contributed by atoms with van der Waals surface area (Å²) in [5.74, 6) is -0.635. The van der Waals surface area contributed by atoms with Crippen molar-refractivity contribution in [3.63, 3.8) is 0 Å². The van der Waals surface area contributed by atoms with Gasteiger partial charge in [-0.25, -0.2) is 19.2 Å². The molecule has 0 aliphatic carbocycles. The van der Waals surface area contributed by atoms with E-state index < -0.39 is 11.8 Å². The largest absolute Gasteiger partial charge is 0.462 e. The van der Waals surface area contributed by atoms with Crippen molar-refractivity contribution >= 4 is 34.0 Å². The lowest BCUT2D eigenvalue weighted by Gasteiger charge is -2.10. The number of esters is 1. The molecule has 4 rings (SSSR count). The molecule has 0 fully saturated rings. The standard InChI is InChI=1S/C22H21FN4O2/c1-3-13(2)12-29-22(28)18-19-21(26-17-10-5-4-9-16(17)25-19)27(20(18)24)15-8-6-7-14(23)11-15/h4-11,13H,3,12,24H2,1-2H3/t13-/m1/s1. The van der Waals surface area contributed by atoms with Crippen LogP contribution in [0.4, 0.5) is 10.2 Å². The smallest absolute Gasteiger partial charge is 0.344 e. The zero-order valence-corrected chi connectivity index (χ0v) is 16.2. The van der Waals surface area contributed by atoms with Gasteiger partial charge in [0.1, 0.15) is 22.7 Å². The van der Waals surface area contributed by atoms with Crippen LogP contribution in [-0.2, 0) is 4.74 Å². The van der Waals surface area contributed by atoms with E-state index in [2.05, 4.69) is 9.97 Å². The van der Waals surface area contributed by atoms with E-state index in [4.69, 9.17) is 10.5 Å². The molecule has 148 valence electrons. The molecule has 0 spiro atoms. The van der Waals surface area contributed by atoms with Crippen LogP contribution in [-0.4, -0.2) is 27.1 Å². The molecule has 0 saturated heterocycles. The molecule has 2 heterocycles. The molecule has 0 saturated carbocycles. The highest BCUT2D eigenvalue weighted by atomic mass is 19.1. The summed E-state index contributed by atoms with van der Waals surface area (Å²) < 4.78 is 20.9. The highest BCUT2D eigenvalue weighted by Gasteiger charge is 2.26. The Kier molecular flexibility index (Phi) is 4.88. The normalized spacial score (nSPS) is 12.4. The molecule has 0 amide bonds. The Morgan fingerprint density at radius 2 is 1.90 bits per heavy atom. The Morgan fingerprint density at radius 3 is 2.59 bits per heavy atom. The van der Waals surface area contributed by atoms with E-state index in [0.717, 1.165) is 6.42 Å². The second-order valence-corrected chi connectivity index (χ2v) is 7.07. The van der Waals surface area contributed by atoms with Crippen molar-refractivity contribution in [3.8, 4) is 5.69 Å². The van der Waals surface area contributed by atoms with Gasteiger partial charge in [-0.15, -0.1) is 0 Å². The highest BCUT2D eigenvalue weighted by Crippen LogP contribution is 2.31. The van der Waals surface area contributed by atoms with Crippen molar-refractivity contribution < 1.29 is 13.9 Å². The van der Waals surface area contributed by atoms with E-state index in [0.29, 0.717) is 27.9 Å². The molecule has 29 heavy (non-hydrogen) atoms. The summed E-state index contributed by atoms with van der Waals surface area (Å²) in [4.78, 5) is 22.2. The minimum Gasteiger partial charge on any atom is -0.462 e. The van der Waals surface area contributed by atoms with E-state index in [1.165, 1.54) is 16.7 Å². The molecule has 0 bridgehead atoms. The predicted molar refractivity (Wildman–Crippen MR) is 110 cm³/mol. The number of nitrogen functional groups attached to an aromatic ring is 1. The number of benzene rings is 2. The van der Waals surface area contributed by atoms with Crippen molar-refractivity contribution in [2.75, 3.05) is 12.3 Å². The molecule has 0 radical (unpaired) electrons. The number of anilines is 1.